The molecule has 0 spiro atoms. The monoisotopic (exact) mass is 448 g/mol. The summed E-state index contributed by atoms with van der Waals surface area (Å²) in [4.78, 5) is 31.6. The fourth-order valence-corrected chi connectivity index (χ4v) is 3.34. The Morgan fingerprint density at radius 2 is 1.80 bits per heavy atom. The van der Waals surface area contributed by atoms with Gasteiger partial charge in [0.05, 0.1) is 12.9 Å². The summed E-state index contributed by atoms with van der Waals surface area (Å²) in [5.41, 5.74) is 6.25. The first kappa shape index (κ1) is 24.6. The number of hydrogen-bond acceptors (Lipinski definition) is 10. The predicted octanol–water partition coefficient (Wildman–Crippen LogP) is -0.515. The summed E-state index contributed by atoms with van der Waals surface area (Å²) in [5.74, 6) is 0.142. The van der Waals surface area contributed by atoms with Crippen molar-refractivity contribution >= 4 is 24.8 Å². The lowest BCUT2D eigenvalue weighted by molar-refractivity contribution is -0.0504. The number of rotatable bonds is 7. The first-order valence-electron chi connectivity index (χ1n) is 9.49. The van der Waals surface area contributed by atoms with Crippen molar-refractivity contribution in [2.75, 3.05) is 32.0 Å². The average Bonchev–Trinajstić information content (AvgIpc) is 3.24. The molecule has 0 saturated carbocycles. The summed E-state index contributed by atoms with van der Waals surface area (Å²) in [5, 5.41) is 20.1. The van der Waals surface area contributed by atoms with Gasteiger partial charge in [-0.3, -0.25) is 9.09 Å². The number of ether oxygens (including phenoxy) is 1. The van der Waals surface area contributed by atoms with Crippen LogP contribution in [0.5, 0.6) is 0 Å². The number of fused-ring (bicyclic) bond motifs is 1. The normalized spacial score (nSPS) is 24.3. The summed E-state index contributed by atoms with van der Waals surface area (Å²) in [6.07, 6.45) is -2.49. The second kappa shape index (κ2) is 10.6. The Labute approximate surface area is 173 Å². The van der Waals surface area contributed by atoms with Gasteiger partial charge in [-0.2, -0.15) is 0 Å². The molecule has 6 N–H and O–H groups in total. The van der Waals surface area contributed by atoms with Gasteiger partial charge >= 0.3 is 7.82 Å². The van der Waals surface area contributed by atoms with Crippen LogP contribution in [0.4, 0.5) is 5.82 Å². The van der Waals surface area contributed by atoms with Crippen LogP contribution >= 0.6 is 7.82 Å². The zero-order valence-corrected chi connectivity index (χ0v) is 18.0. The van der Waals surface area contributed by atoms with Crippen LogP contribution in [0.3, 0.4) is 0 Å². The minimum Gasteiger partial charge on any atom is -0.387 e. The molecule has 1 aliphatic heterocycles. The highest BCUT2D eigenvalue weighted by Gasteiger charge is 2.45. The molecule has 3 rings (SSSR count). The molecule has 0 unspecified atom stereocenters. The van der Waals surface area contributed by atoms with Gasteiger partial charge in [0.15, 0.2) is 17.7 Å². The highest BCUT2D eigenvalue weighted by atomic mass is 31.2. The summed E-state index contributed by atoms with van der Waals surface area (Å²) < 4.78 is 21.8. The van der Waals surface area contributed by atoms with E-state index in [4.69, 9.17) is 20.3 Å². The quantitative estimate of drug-likeness (QED) is 0.341. The second-order valence-electron chi connectivity index (χ2n) is 6.54. The van der Waals surface area contributed by atoms with Gasteiger partial charge in [0.1, 0.15) is 30.2 Å². The van der Waals surface area contributed by atoms with E-state index in [2.05, 4.69) is 45.1 Å². The third-order valence-corrected chi connectivity index (χ3v) is 5.23. The summed E-state index contributed by atoms with van der Waals surface area (Å²) in [6, 6.07) is 0. The van der Waals surface area contributed by atoms with Crippen LogP contribution in [0.25, 0.3) is 11.2 Å². The van der Waals surface area contributed by atoms with Gasteiger partial charge in [0, 0.05) is 0 Å². The van der Waals surface area contributed by atoms with Crippen molar-refractivity contribution in [1.82, 2.24) is 24.4 Å². The van der Waals surface area contributed by atoms with Gasteiger partial charge < -0.3 is 35.4 Å². The van der Waals surface area contributed by atoms with E-state index in [9.17, 15) is 14.8 Å². The number of nitrogens with two attached hydrogens (primary N) is 1. The van der Waals surface area contributed by atoms with E-state index in [-0.39, 0.29) is 11.5 Å². The van der Waals surface area contributed by atoms with Crippen LogP contribution in [0.1, 0.15) is 27.0 Å². The molecule has 0 aromatic carbocycles. The van der Waals surface area contributed by atoms with E-state index in [0.29, 0.717) is 5.52 Å². The first-order chi connectivity index (χ1) is 14.1. The maximum absolute atomic E-state index is 10.7. The molecule has 0 aliphatic carbocycles. The van der Waals surface area contributed by atoms with Crippen molar-refractivity contribution in [3.8, 4) is 0 Å². The maximum atomic E-state index is 10.7. The molecule has 13 nitrogen and oxygen atoms in total. The number of phosphoric ester groups is 1. The highest BCUT2D eigenvalue weighted by Crippen LogP contribution is 2.38. The van der Waals surface area contributed by atoms with E-state index < -0.39 is 39.0 Å². The number of anilines is 1. The molecule has 0 amide bonds. The number of phosphoric acid groups is 1. The molecule has 14 heteroatoms. The van der Waals surface area contributed by atoms with Gasteiger partial charge in [-0.15, -0.1) is 0 Å². The van der Waals surface area contributed by atoms with Crippen LogP contribution in [0.15, 0.2) is 12.7 Å². The van der Waals surface area contributed by atoms with Gasteiger partial charge in [-0.25, -0.2) is 19.5 Å². The molecular formula is C16H29N6O7P. The Morgan fingerprint density at radius 3 is 2.33 bits per heavy atom. The number of nitrogen functional groups attached to an aromatic ring is 1. The summed E-state index contributed by atoms with van der Waals surface area (Å²) in [6.45, 7) is 9.53. The Morgan fingerprint density at radius 1 is 1.17 bits per heavy atom. The first-order valence-corrected chi connectivity index (χ1v) is 11.0. The summed E-state index contributed by atoms with van der Waals surface area (Å²) in [7, 11) is -4.72. The van der Waals surface area contributed by atoms with Gasteiger partial charge in [0.2, 0.25) is 0 Å². The van der Waals surface area contributed by atoms with E-state index in [1.807, 2.05) is 0 Å². The number of aliphatic hydroxyl groups is 2. The SMILES string of the molecule is CCN(CC)CC.Nc1ncnc2c1ncn2[C@@H]1O[C@H](COP(=O)(O)O)[C@@H](O)[C@H]1O. The van der Waals surface area contributed by atoms with E-state index >= 15 is 0 Å². The van der Waals surface area contributed by atoms with Crippen LogP contribution in [-0.2, 0) is 13.8 Å². The van der Waals surface area contributed by atoms with E-state index in [0.717, 1.165) is 0 Å². The van der Waals surface area contributed by atoms with Crippen molar-refractivity contribution in [3.05, 3.63) is 12.7 Å². The maximum Gasteiger partial charge on any atom is 0.469 e. The smallest absolute Gasteiger partial charge is 0.387 e. The predicted molar refractivity (Wildman–Crippen MR) is 107 cm³/mol. The third-order valence-electron chi connectivity index (χ3n) is 4.75. The molecule has 0 bridgehead atoms. The number of hydrogen-bond donors (Lipinski definition) is 5. The Hall–Kier alpha value is -1.70. The fourth-order valence-electron chi connectivity index (χ4n) is 2.99. The topological polar surface area (TPSA) is 189 Å². The molecule has 0 radical (unpaired) electrons. The average molecular weight is 448 g/mol. The number of aromatic nitrogens is 4. The minimum absolute atomic E-state index is 0.142. The lowest BCUT2D eigenvalue weighted by Gasteiger charge is -2.16. The van der Waals surface area contributed by atoms with Crippen molar-refractivity contribution in [2.45, 2.75) is 45.3 Å². The van der Waals surface area contributed by atoms with Gasteiger partial charge in [-0.05, 0) is 19.6 Å². The van der Waals surface area contributed by atoms with Crippen molar-refractivity contribution in [2.24, 2.45) is 0 Å². The molecule has 2 aromatic heterocycles. The van der Waals surface area contributed by atoms with Crippen LogP contribution < -0.4 is 5.73 Å². The number of imidazole rings is 1. The zero-order chi connectivity index (χ0) is 22.5. The molecule has 2 aromatic rings. The molecule has 1 saturated heterocycles. The molecular weight excluding hydrogens is 419 g/mol. The largest absolute Gasteiger partial charge is 0.469 e. The molecule has 30 heavy (non-hydrogen) atoms. The van der Waals surface area contributed by atoms with Gasteiger partial charge in [-0.1, -0.05) is 20.8 Å². The lowest BCUT2D eigenvalue weighted by Crippen LogP contribution is -2.33. The zero-order valence-electron chi connectivity index (χ0n) is 17.1. The third kappa shape index (κ3) is 5.93. The molecule has 1 fully saturated rings. The van der Waals surface area contributed by atoms with Crippen LogP contribution in [0, 0.1) is 0 Å². The number of aliphatic hydroxyl groups excluding tert-OH is 2. The standard InChI is InChI=1S/C10H14N5O7P.C6H15N/c11-8-5-9(13-2-12-8)15(3-14-5)10-7(17)6(16)4(22-10)1-21-23(18,19)20;1-4-7(5-2)6-3/h2-4,6-7,10,16-17H,1H2,(H2,11,12,13)(H2,18,19,20);4-6H2,1-3H3/t4-,6-,7-,10-;/m1./s1. The van der Waals surface area contributed by atoms with Crippen molar-refractivity contribution in [3.63, 3.8) is 0 Å². The van der Waals surface area contributed by atoms with E-state index in [1.54, 1.807) is 0 Å². The highest BCUT2D eigenvalue weighted by molar-refractivity contribution is 7.46. The Balaban J connectivity index is 0.000000396. The molecule has 1 aliphatic rings. The molecule has 170 valence electrons. The van der Waals surface area contributed by atoms with Crippen molar-refractivity contribution in [1.29, 1.82) is 0 Å². The second-order valence-corrected chi connectivity index (χ2v) is 7.77. The molecule has 3 heterocycles. The van der Waals surface area contributed by atoms with Crippen LogP contribution in [-0.4, -0.2) is 89.0 Å². The lowest BCUT2D eigenvalue weighted by atomic mass is 10.1. The minimum atomic E-state index is -4.72. The van der Waals surface area contributed by atoms with E-state index in [1.165, 1.54) is 36.9 Å². The molecule has 4 atom stereocenters. The van der Waals surface area contributed by atoms with Crippen LogP contribution in [0.2, 0.25) is 0 Å². The fraction of sp³-hybridized carbons (Fsp3) is 0.688. The number of nitrogens with zero attached hydrogens (tertiary/aromatic N) is 5. The van der Waals surface area contributed by atoms with Crippen molar-refractivity contribution < 1.29 is 33.8 Å². The summed E-state index contributed by atoms with van der Waals surface area (Å²) >= 11 is 0. The van der Waals surface area contributed by atoms with Gasteiger partial charge in [0.25, 0.3) is 0 Å². The Kier molecular flexibility index (Phi) is 8.64. The Bertz CT molecular complexity index is 852.